The Morgan fingerprint density at radius 3 is 2.70 bits per heavy atom. The van der Waals surface area contributed by atoms with Gasteiger partial charge in [0.15, 0.2) is 0 Å². The highest BCUT2D eigenvalue weighted by Crippen LogP contribution is 2.38. The molecule has 2 N–H and O–H groups in total. The molecule has 3 rings (SSSR count). The van der Waals surface area contributed by atoms with Crippen molar-refractivity contribution in [2.75, 3.05) is 0 Å². The highest BCUT2D eigenvalue weighted by Gasteiger charge is 2.31. The van der Waals surface area contributed by atoms with Gasteiger partial charge in [-0.05, 0) is 42.9 Å². The van der Waals surface area contributed by atoms with Crippen molar-refractivity contribution in [1.29, 1.82) is 0 Å². The van der Waals surface area contributed by atoms with Crippen molar-refractivity contribution < 1.29 is 4.39 Å². The maximum atomic E-state index is 12.9. The minimum atomic E-state index is -0.161. The summed E-state index contributed by atoms with van der Waals surface area (Å²) < 4.78 is 12.9. The van der Waals surface area contributed by atoms with Gasteiger partial charge in [-0.1, -0.05) is 19.1 Å². The SMILES string of the molecule is CCC(NC1CC(c2ccc(F)cc2)C1)c1ncc[nH]1. The summed E-state index contributed by atoms with van der Waals surface area (Å²) in [4.78, 5) is 7.50. The van der Waals surface area contributed by atoms with Crippen LogP contribution < -0.4 is 5.32 Å². The second kappa shape index (κ2) is 5.75. The van der Waals surface area contributed by atoms with Crippen LogP contribution in [0.2, 0.25) is 0 Å². The number of benzene rings is 1. The van der Waals surface area contributed by atoms with E-state index in [9.17, 15) is 4.39 Å². The van der Waals surface area contributed by atoms with Crippen molar-refractivity contribution in [3.63, 3.8) is 0 Å². The summed E-state index contributed by atoms with van der Waals surface area (Å²) in [5.41, 5.74) is 1.25. The molecule has 3 nitrogen and oxygen atoms in total. The summed E-state index contributed by atoms with van der Waals surface area (Å²) in [6.07, 6.45) is 6.90. The maximum Gasteiger partial charge on any atom is 0.123 e. The van der Waals surface area contributed by atoms with E-state index in [4.69, 9.17) is 0 Å². The zero-order chi connectivity index (χ0) is 13.9. The third-order valence-electron chi connectivity index (χ3n) is 4.17. The Morgan fingerprint density at radius 2 is 2.10 bits per heavy atom. The Kier molecular flexibility index (Phi) is 3.83. The monoisotopic (exact) mass is 273 g/mol. The van der Waals surface area contributed by atoms with Crippen LogP contribution in [0.15, 0.2) is 36.7 Å². The van der Waals surface area contributed by atoms with Crippen molar-refractivity contribution in [3.8, 4) is 0 Å². The first-order chi connectivity index (χ1) is 9.76. The topological polar surface area (TPSA) is 40.7 Å². The second-order valence-electron chi connectivity index (χ2n) is 5.52. The van der Waals surface area contributed by atoms with Gasteiger partial charge in [-0.3, -0.25) is 0 Å². The fourth-order valence-electron chi connectivity index (χ4n) is 2.90. The van der Waals surface area contributed by atoms with Gasteiger partial charge in [-0.15, -0.1) is 0 Å². The quantitative estimate of drug-likeness (QED) is 0.875. The standard InChI is InChI=1S/C16H20FN3/c1-2-15(16-18-7-8-19-16)20-14-9-12(10-14)11-3-5-13(17)6-4-11/h3-8,12,14-15,20H,2,9-10H2,1H3,(H,18,19). The highest BCUT2D eigenvalue weighted by atomic mass is 19.1. The molecule has 4 heteroatoms. The van der Waals surface area contributed by atoms with E-state index in [0.29, 0.717) is 18.0 Å². The van der Waals surface area contributed by atoms with E-state index in [1.165, 1.54) is 5.56 Å². The number of nitrogens with one attached hydrogen (secondary N) is 2. The van der Waals surface area contributed by atoms with Crippen molar-refractivity contribution in [2.45, 2.75) is 44.2 Å². The largest absolute Gasteiger partial charge is 0.347 e. The number of rotatable bonds is 5. The van der Waals surface area contributed by atoms with Crippen LogP contribution in [0, 0.1) is 5.82 Å². The minimum Gasteiger partial charge on any atom is -0.347 e. The molecule has 106 valence electrons. The zero-order valence-electron chi connectivity index (χ0n) is 11.6. The Morgan fingerprint density at radius 1 is 1.35 bits per heavy atom. The number of hydrogen-bond acceptors (Lipinski definition) is 2. The molecule has 1 unspecified atom stereocenters. The van der Waals surface area contributed by atoms with Crippen LogP contribution >= 0.6 is 0 Å². The molecule has 0 saturated heterocycles. The van der Waals surface area contributed by atoms with Gasteiger partial charge in [0, 0.05) is 18.4 Å². The van der Waals surface area contributed by atoms with Gasteiger partial charge < -0.3 is 10.3 Å². The Balaban J connectivity index is 1.54. The molecular weight excluding hydrogens is 253 g/mol. The molecule has 0 spiro atoms. The summed E-state index contributed by atoms with van der Waals surface area (Å²) in [7, 11) is 0. The second-order valence-corrected chi connectivity index (χ2v) is 5.52. The summed E-state index contributed by atoms with van der Waals surface area (Å²) >= 11 is 0. The molecule has 1 aliphatic carbocycles. The number of halogens is 1. The minimum absolute atomic E-state index is 0.161. The van der Waals surface area contributed by atoms with Gasteiger partial charge in [0.25, 0.3) is 0 Å². The average molecular weight is 273 g/mol. The van der Waals surface area contributed by atoms with Gasteiger partial charge in [-0.2, -0.15) is 0 Å². The molecule has 1 atom stereocenters. The normalized spacial score (nSPS) is 23.3. The summed E-state index contributed by atoms with van der Waals surface area (Å²) in [5.74, 6) is 1.41. The predicted octanol–water partition coefficient (Wildman–Crippen LogP) is 3.54. The fourth-order valence-corrected chi connectivity index (χ4v) is 2.90. The molecule has 1 saturated carbocycles. The maximum absolute atomic E-state index is 12.9. The average Bonchev–Trinajstić information content (AvgIpc) is 2.93. The first-order valence-electron chi connectivity index (χ1n) is 7.27. The van der Waals surface area contributed by atoms with E-state index in [2.05, 4.69) is 22.2 Å². The van der Waals surface area contributed by atoms with Crippen molar-refractivity contribution in [1.82, 2.24) is 15.3 Å². The van der Waals surface area contributed by atoms with Gasteiger partial charge in [0.1, 0.15) is 11.6 Å². The van der Waals surface area contributed by atoms with Crippen LogP contribution in [0.25, 0.3) is 0 Å². The molecule has 0 aliphatic heterocycles. The summed E-state index contributed by atoms with van der Waals surface area (Å²) in [6, 6.07) is 7.73. The third-order valence-corrected chi connectivity index (χ3v) is 4.17. The number of aromatic nitrogens is 2. The molecular formula is C16H20FN3. The van der Waals surface area contributed by atoms with E-state index in [1.807, 2.05) is 18.3 Å². The van der Waals surface area contributed by atoms with Crippen LogP contribution in [0.3, 0.4) is 0 Å². The Labute approximate surface area is 118 Å². The summed E-state index contributed by atoms with van der Waals surface area (Å²) in [5, 5.41) is 3.65. The Bertz CT molecular complexity index is 529. The van der Waals surface area contributed by atoms with Gasteiger partial charge in [-0.25, -0.2) is 9.37 Å². The van der Waals surface area contributed by atoms with E-state index < -0.39 is 0 Å². The molecule has 20 heavy (non-hydrogen) atoms. The lowest BCUT2D eigenvalue weighted by molar-refractivity contribution is 0.259. The van der Waals surface area contributed by atoms with E-state index in [0.717, 1.165) is 25.1 Å². The lowest BCUT2D eigenvalue weighted by Crippen LogP contribution is -2.42. The zero-order valence-corrected chi connectivity index (χ0v) is 11.6. The molecule has 1 aliphatic rings. The van der Waals surface area contributed by atoms with Gasteiger partial charge >= 0.3 is 0 Å². The number of nitrogens with zero attached hydrogens (tertiary/aromatic N) is 1. The number of aromatic amines is 1. The van der Waals surface area contributed by atoms with Gasteiger partial charge in [0.05, 0.1) is 6.04 Å². The molecule has 0 bridgehead atoms. The predicted molar refractivity (Wildman–Crippen MR) is 76.9 cm³/mol. The highest BCUT2D eigenvalue weighted by molar-refractivity contribution is 5.23. The molecule has 1 aromatic carbocycles. The number of hydrogen-bond donors (Lipinski definition) is 2. The number of H-pyrrole nitrogens is 1. The molecule has 1 fully saturated rings. The Hall–Kier alpha value is -1.68. The van der Waals surface area contributed by atoms with Crippen LogP contribution in [0.1, 0.15) is 49.5 Å². The van der Waals surface area contributed by atoms with E-state index in [-0.39, 0.29) is 5.82 Å². The lowest BCUT2D eigenvalue weighted by atomic mass is 9.75. The van der Waals surface area contributed by atoms with E-state index in [1.54, 1.807) is 18.3 Å². The molecule has 0 amide bonds. The molecule has 1 heterocycles. The molecule has 2 aromatic rings. The van der Waals surface area contributed by atoms with Crippen molar-refractivity contribution >= 4 is 0 Å². The van der Waals surface area contributed by atoms with Gasteiger partial charge in [0.2, 0.25) is 0 Å². The smallest absolute Gasteiger partial charge is 0.123 e. The first-order valence-corrected chi connectivity index (χ1v) is 7.27. The molecule has 1 aromatic heterocycles. The van der Waals surface area contributed by atoms with Crippen LogP contribution in [-0.4, -0.2) is 16.0 Å². The van der Waals surface area contributed by atoms with Crippen LogP contribution in [0.4, 0.5) is 4.39 Å². The summed E-state index contributed by atoms with van der Waals surface area (Å²) in [6.45, 7) is 2.16. The van der Waals surface area contributed by atoms with Crippen molar-refractivity contribution in [2.24, 2.45) is 0 Å². The fraction of sp³-hybridized carbons (Fsp3) is 0.438. The third kappa shape index (κ3) is 2.75. The van der Waals surface area contributed by atoms with Crippen molar-refractivity contribution in [3.05, 3.63) is 53.9 Å². The van der Waals surface area contributed by atoms with Crippen LogP contribution in [-0.2, 0) is 0 Å². The number of imidazole rings is 1. The molecule has 0 radical (unpaired) electrons. The van der Waals surface area contributed by atoms with E-state index >= 15 is 0 Å². The lowest BCUT2D eigenvalue weighted by Gasteiger charge is -2.38. The first kappa shape index (κ1) is 13.3. The van der Waals surface area contributed by atoms with Crippen LogP contribution in [0.5, 0.6) is 0 Å².